The number of rotatable bonds is 5. The summed E-state index contributed by atoms with van der Waals surface area (Å²) >= 11 is 0. The molecule has 0 heterocycles. The Bertz CT molecular complexity index is 232. The van der Waals surface area contributed by atoms with Gasteiger partial charge in [0, 0.05) is 0 Å². The van der Waals surface area contributed by atoms with Crippen LogP contribution in [0.1, 0.15) is 12.8 Å². The first-order valence-corrected chi connectivity index (χ1v) is 3.24. The zero-order valence-electron chi connectivity index (χ0n) is 6.56. The maximum Gasteiger partial charge on any atom is 0.324 e. The number of carbonyl (C=O) groups is 3. The molecule has 0 fully saturated rings. The third kappa shape index (κ3) is 3.52. The predicted octanol–water partition coefficient (Wildman–Crippen LogP) is -1.28. The van der Waals surface area contributed by atoms with Crippen molar-refractivity contribution in [1.29, 1.82) is 0 Å². The largest absolute Gasteiger partial charge is 0.481 e. The lowest BCUT2D eigenvalue weighted by atomic mass is 9.93. The smallest absolute Gasteiger partial charge is 0.324 e. The Morgan fingerprint density at radius 2 is 1.31 bits per heavy atom. The van der Waals surface area contributed by atoms with E-state index in [4.69, 9.17) is 21.1 Å². The number of nitrogens with two attached hydrogens (primary N) is 1. The highest BCUT2D eigenvalue weighted by Crippen LogP contribution is 2.12. The van der Waals surface area contributed by atoms with Crippen LogP contribution < -0.4 is 5.73 Å². The minimum atomic E-state index is -2.24. The van der Waals surface area contributed by atoms with Gasteiger partial charge in [-0.3, -0.25) is 14.4 Å². The number of hydrogen-bond acceptors (Lipinski definition) is 4. The Morgan fingerprint density at radius 1 is 1.00 bits per heavy atom. The lowest BCUT2D eigenvalue weighted by Gasteiger charge is -2.19. The molecule has 74 valence electrons. The van der Waals surface area contributed by atoms with E-state index in [2.05, 4.69) is 0 Å². The van der Waals surface area contributed by atoms with Crippen LogP contribution in [0.5, 0.6) is 0 Å². The summed E-state index contributed by atoms with van der Waals surface area (Å²) in [5, 5.41) is 25.0. The van der Waals surface area contributed by atoms with E-state index in [0.29, 0.717) is 0 Å². The first-order chi connectivity index (χ1) is 5.78. The summed E-state index contributed by atoms with van der Waals surface area (Å²) in [5.74, 6) is -4.55. The molecule has 0 unspecified atom stereocenters. The second-order valence-electron chi connectivity index (χ2n) is 2.60. The van der Waals surface area contributed by atoms with E-state index in [1.54, 1.807) is 0 Å². The lowest BCUT2D eigenvalue weighted by molar-refractivity contribution is -0.154. The van der Waals surface area contributed by atoms with Crippen LogP contribution in [0.25, 0.3) is 0 Å². The molecule has 0 saturated heterocycles. The van der Waals surface area contributed by atoms with E-state index in [0.717, 1.165) is 0 Å². The molecule has 0 saturated carbocycles. The monoisotopic (exact) mass is 191 g/mol. The second-order valence-corrected chi connectivity index (χ2v) is 2.60. The summed E-state index contributed by atoms with van der Waals surface area (Å²) in [6, 6.07) is 0. The van der Waals surface area contributed by atoms with Gasteiger partial charge >= 0.3 is 17.9 Å². The molecule has 0 amide bonds. The molecule has 0 aromatic heterocycles. The van der Waals surface area contributed by atoms with Crippen LogP contribution in [0.4, 0.5) is 0 Å². The maximum absolute atomic E-state index is 10.4. The van der Waals surface area contributed by atoms with Crippen molar-refractivity contribution in [3.63, 3.8) is 0 Å². The molecule has 0 radical (unpaired) electrons. The third-order valence-electron chi connectivity index (χ3n) is 1.36. The summed E-state index contributed by atoms with van der Waals surface area (Å²) in [6.45, 7) is 0. The molecule has 0 aromatic rings. The van der Waals surface area contributed by atoms with Crippen LogP contribution in [0.2, 0.25) is 0 Å². The molecule has 7 heteroatoms. The van der Waals surface area contributed by atoms with Crippen LogP contribution >= 0.6 is 0 Å². The molecule has 13 heavy (non-hydrogen) atoms. The van der Waals surface area contributed by atoms with Gasteiger partial charge < -0.3 is 21.1 Å². The van der Waals surface area contributed by atoms with Gasteiger partial charge in [-0.2, -0.15) is 0 Å². The zero-order valence-corrected chi connectivity index (χ0v) is 6.56. The summed E-state index contributed by atoms with van der Waals surface area (Å²) < 4.78 is 0. The Hall–Kier alpha value is -1.63. The molecule has 5 N–H and O–H groups in total. The van der Waals surface area contributed by atoms with Crippen LogP contribution in [0.15, 0.2) is 0 Å². The second kappa shape index (κ2) is 3.85. The van der Waals surface area contributed by atoms with Crippen molar-refractivity contribution in [1.82, 2.24) is 0 Å². The van der Waals surface area contributed by atoms with E-state index in [9.17, 15) is 14.4 Å². The van der Waals surface area contributed by atoms with Crippen molar-refractivity contribution in [3.05, 3.63) is 0 Å². The molecule has 0 aliphatic rings. The van der Waals surface area contributed by atoms with Gasteiger partial charge in [-0.1, -0.05) is 0 Å². The van der Waals surface area contributed by atoms with Gasteiger partial charge in [0.25, 0.3) is 0 Å². The third-order valence-corrected chi connectivity index (χ3v) is 1.36. The zero-order chi connectivity index (χ0) is 10.6. The predicted molar refractivity (Wildman–Crippen MR) is 39.1 cm³/mol. The highest BCUT2D eigenvalue weighted by molar-refractivity contribution is 5.89. The normalized spacial score (nSPS) is 10.8. The molecular weight excluding hydrogens is 182 g/mol. The van der Waals surface area contributed by atoms with Crippen molar-refractivity contribution < 1.29 is 29.7 Å². The average molecular weight is 191 g/mol. The maximum atomic E-state index is 10.4. The highest BCUT2D eigenvalue weighted by Gasteiger charge is 2.38. The van der Waals surface area contributed by atoms with Crippen molar-refractivity contribution in [2.45, 2.75) is 18.4 Å². The van der Waals surface area contributed by atoms with Gasteiger partial charge in [-0.15, -0.1) is 0 Å². The quantitative estimate of drug-likeness (QED) is 0.424. The molecule has 0 spiro atoms. The van der Waals surface area contributed by atoms with Gasteiger partial charge in [0.1, 0.15) is 5.54 Å². The number of hydrogen-bond donors (Lipinski definition) is 4. The summed E-state index contributed by atoms with van der Waals surface area (Å²) in [7, 11) is 0. The summed E-state index contributed by atoms with van der Waals surface area (Å²) in [6.07, 6.45) is -1.84. The SMILES string of the molecule is NC(CC(=O)O)(CC(=O)O)C(=O)O. The fourth-order valence-electron chi connectivity index (χ4n) is 0.753. The number of aliphatic carboxylic acids is 3. The highest BCUT2D eigenvalue weighted by atomic mass is 16.4. The molecule has 0 aliphatic carbocycles. The van der Waals surface area contributed by atoms with Crippen LogP contribution in [-0.2, 0) is 14.4 Å². The Labute approximate surface area is 72.8 Å². The van der Waals surface area contributed by atoms with Crippen molar-refractivity contribution in [2.75, 3.05) is 0 Å². The minimum absolute atomic E-state index is 0.922. The van der Waals surface area contributed by atoms with Gasteiger partial charge in [0.2, 0.25) is 0 Å². The number of carboxylic acid groups (broad SMARTS) is 3. The van der Waals surface area contributed by atoms with Crippen LogP contribution in [0, 0.1) is 0 Å². The molecule has 7 nitrogen and oxygen atoms in total. The van der Waals surface area contributed by atoms with E-state index in [1.807, 2.05) is 0 Å². The van der Waals surface area contributed by atoms with E-state index < -0.39 is 36.3 Å². The topological polar surface area (TPSA) is 138 Å². The molecule has 0 aromatic carbocycles. The Kier molecular flexibility index (Phi) is 3.37. The molecule has 0 bridgehead atoms. The summed E-state index contributed by atoms with van der Waals surface area (Å²) in [4.78, 5) is 30.8. The van der Waals surface area contributed by atoms with Crippen LogP contribution in [-0.4, -0.2) is 38.8 Å². The average Bonchev–Trinajstić information content (AvgIpc) is 1.82. The first-order valence-electron chi connectivity index (χ1n) is 3.24. The minimum Gasteiger partial charge on any atom is -0.481 e. The van der Waals surface area contributed by atoms with Crippen LogP contribution in [0.3, 0.4) is 0 Å². The van der Waals surface area contributed by atoms with Gasteiger partial charge in [0.15, 0.2) is 0 Å². The fraction of sp³-hybridized carbons (Fsp3) is 0.500. The fourth-order valence-corrected chi connectivity index (χ4v) is 0.753. The lowest BCUT2D eigenvalue weighted by Crippen LogP contribution is -2.51. The first kappa shape index (κ1) is 11.4. The van der Waals surface area contributed by atoms with Crippen molar-refractivity contribution in [3.8, 4) is 0 Å². The molecule has 0 rings (SSSR count). The standard InChI is InChI=1S/C6H9NO6/c7-6(5(12)13,1-3(8)9)2-4(10)11/h1-2,7H2,(H,8,9)(H,10,11)(H,12,13). The van der Waals surface area contributed by atoms with E-state index >= 15 is 0 Å². The number of carboxylic acids is 3. The van der Waals surface area contributed by atoms with Crippen molar-refractivity contribution >= 4 is 17.9 Å². The molecule has 0 aliphatic heterocycles. The molecule has 0 atom stereocenters. The van der Waals surface area contributed by atoms with Crippen molar-refractivity contribution in [2.24, 2.45) is 5.73 Å². The van der Waals surface area contributed by atoms with E-state index in [-0.39, 0.29) is 0 Å². The van der Waals surface area contributed by atoms with E-state index in [1.165, 1.54) is 0 Å². The van der Waals surface area contributed by atoms with Gasteiger partial charge in [-0.05, 0) is 0 Å². The van der Waals surface area contributed by atoms with Gasteiger partial charge in [0.05, 0.1) is 12.8 Å². The van der Waals surface area contributed by atoms with Gasteiger partial charge in [-0.25, -0.2) is 0 Å². The summed E-state index contributed by atoms with van der Waals surface area (Å²) in [5.41, 5.74) is 2.84. The Balaban J connectivity index is 4.62. The Morgan fingerprint density at radius 3 is 1.46 bits per heavy atom. The molecular formula is C6H9NO6.